The van der Waals surface area contributed by atoms with Gasteiger partial charge in [-0.1, -0.05) is 24.6 Å². The molecule has 1 aliphatic heterocycles. The van der Waals surface area contributed by atoms with Crippen LogP contribution in [-0.4, -0.2) is 19.8 Å². The molecule has 1 unspecified atom stereocenters. The van der Waals surface area contributed by atoms with Crippen LogP contribution in [-0.2, 0) is 4.74 Å². The van der Waals surface area contributed by atoms with Gasteiger partial charge in [-0.2, -0.15) is 0 Å². The first-order valence-electron chi connectivity index (χ1n) is 7.47. The zero-order chi connectivity index (χ0) is 14.4. The van der Waals surface area contributed by atoms with Crippen molar-refractivity contribution in [3.63, 3.8) is 0 Å². The molecular formula is C16H23ClFNO. The molecule has 0 saturated carbocycles. The first kappa shape index (κ1) is 15.7. The fraction of sp³-hybridized carbons (Fsp3) is 0.625. The van der Waals surface area contributed by atoms with Gasteiger partial charge in [-0.25, -0.2) is 4.39 Å². The summed E-state index contributed by atoms with van der Waals surface area (Å²) in [5.74, 6) is 0.368. The van der Waals surface area contributed by atoms with E-state index in [1.807, 2.05) is 0 Å². The maximum absolute atomic E-state index is 14.1. The highest BCUT2D eigenvalue weighted by Crippen LogP contribution is 2.33. The SMILES string of the molecule is CCCNC(CC1CCOCC1)c1c(F)cccc1Cl. The summed E-state index contributed by atoms with van der Waals surface area (Å²) < 4.78 is 19.5. The molecule has 0 aliphatic carbocycles. The Balaban J connectivity index is 2.13. The standard InChI is InChI=1S/C16H23ClFNO/c1-2-8-19-15(11-12-6-9-20-10-7-12)16-13(17)4-3-5-14(16)18/h3-5,12,15,19H,2,6-11H2,1H3. The third-order valence-corrected chi connectivity index (χ3v) is 4.23. The molecule has 1 saturated heterocycles. The molecule has 1 fully saturated rings. The molecule has 0 amide bonds. The predicted octanol–water partition coefficient (Wildman–Crippen LogP) is 4.34. The van der Waals surface area contributed by atoms with Gasteiger partial charge in [0.25, 0.3) is 0 Å². The van der Waals surface area contributed by atoms with E-state index in [0.717, 1.165) is 45.4 Å². The Bertz CT molecular complexity index is 401. The van der Waals surface area contributed by atoms with Crippen LogP contribution in [0.1, 0.15) is 44.2 Å². The van der Waals surface area contributed by atoms with Gasteiger partial charge in [0.15, 0.2) is 0 Å². The summed E-state index contributed by atoms with van der Waals surface area (Å²) in [6, 6.07) is 4.91. The van der Waals surface area contributed by atoms with Gasteiger partial charge in [0.2, 0.25) is 0 Å². The Morgan fingerprint density at radius 2 is 2.15 bits per heavy atom. The summed E-state index contributed by atoms with van der Waals surface area (Å²) in [5, 5.41) is 3.97. The van der Waals surface area contributed by atoms with E-state index in [-0.39, 0.29) is 11.9 Å². The number of nitrogens with one attached hydrogen (secondary N) is 1. The normalized spacial score (nSPS) is 18.1. The lowest BCUT2D eigenvalue weighted by Gasteiger charge is -2.28. The van der Waals surface area contributed by atoms with Crippen LogP contribution < -0.4 is 5.32 Å². The van der Waals surface area contributed by atoms with Crippen molar-refractivity contribution in [1.82, 2.24) is 5.32 Å². The molecule has 0 spiro atoms. The van der Waals surface area contributed by atoms with Crippen LogP contribution in [0, 0.1) is 11.7 Å². The molecule has 1 heterocycles. The van der Waals surface area contributed by atoms with Crippen molar-refractivity contribution in [2.75, 3.05) is 19.8 Å². The average molecular weight is 300 g/mol. The average Bonchev–Trinajstić information content (AvgIpc) is 2.45. The molecule has 4 heteroatoms. The summed E-state index contributed by atoms with van der Waals surface area (Å²) in [6.45, 7) is 4.62. The van der Waals surface area contributed by atoms with Gasteiger partial charge in [0, 0.05) is 29.8 Å². The second kappa shape index (κ2) is 7.96. The molecule has 0 bridgehead atoms. The highest BCUT2D eigenvalue weighted by Gasteiger charge is 2.23. The van der Waals surface area contributed by atoms with E-state index in [4.69, 9.17) is 16.3 Å². The van der Waals surface area contributed by atoms with Gasteiger partial charge in [-0.3, -0.25) is 0 Å². The molecule has 2 nitrogen and oxygen atoms in total. The van der Waals surface area contributed by atoms with Gasteiger partial charge >= 0.3 is 0 Å². The molecular weight excluding hydrogens is 277 g/mol. The van der Waals surface area contributed by atoms with E-state index in [1.54, 1.807) is 12.1 Å². The van der Waals surface area contributed by atoms with Gasteiger partial charge in [-0.05, 0) is 50.3 Å². The topological polar surface area (TPSA) is 21.3 Å². The number of rotatable bonds is 6. The van der Waals surface area contributed by atoms with Gasteiger partial charge in [-0.15, -0.1) is 0 Å². The van der Waals surface area contributed by atoms with Gasteiger partial charge in [0.1, 0.15) is 5.82 Å². The summed E-state index contributed by atoms with van der Waals surface area (Å²) >= 11 is 6.22. The Kier molecular flexibility index (Phi) is 6.27. The van der Waals surface area contributed by atoms with Crippen LogP contribution in [0.4, 0.5) is 4.39 Å². The molecule has 1 atom stereocenters. The molecule has 2 rings (SSSR count). The van der Waals surface area contributed by atoms with Crippen LogP contribution in [0.3, 0.4) is 0 Å². The third kappa shape index (κ3) is 4.18. The highest BCUT2D eigenvalue weighted by atomic mass is 35.5. The van der Waals surface area contributed by atoms with E-state index in [9.17, 15) is 4.39 Å². The quantitative estimate of drug-likeness (QED) is 0.844. The zero-order valence-electron chi connectivity index (χ0n) is 12.0. The number of hydrogen-bond donors (Lipinski definition) is 1. The monoisotopic (exact) mass is 299 g/mol. The Labute approximate surface area is 125 Å². The first-order chi connectivity index (χ1) is 9.72. The smallest absolute Gasteiger partial charge is 0.129 e. The predicted molar refractivity (Wildman–Crippen MR) is 80.6 cm³/mol. The largest absolute Gasteiger partial charge is 0.381 e. The molecule has 112 valence electrons. The summed E-state index contributed by atoms with van der Waals surface area (Å²) in [7, 11) is 0. The second-order valence-electron chi connectivity index (χ2n) is 5.43. The van der Waals surface area contributed by atoms with Crippen molar-refractivity contribution in [2.24, 2.45) is 5.92 Å². The van der Waals surface area contributed by atoms with Gasteiger partial charge < -0.3 is 10.1 Å². The van der Waals surface area contributed by atoms with Gasteiger partial charge in [0.05, 0.1) is 0 Å². The van der Waals surface area contributed by atoms with E-state index in [0.29, 0.717) is 16.5 Å². The Morgan fingerprint density at radius 3 is 2.80 bits per heavy atom. The minimum Gasteiger partial charge on any atom is -0.381 e. The van der Waals surface area contributed by atoms with Crippen molar-refractivity contribution < 1.29 is 9.13 Å². The van der Waals surface area contributed by atoms with E-state index >= 15 is 0 Å². The van der Waals surface area contributed by atoms with Crippen LogP contribution in [0.5, 0.6) is 0 Å². The molecule has 1 N–H and O–H groups in total. The molecule has 1 aromatic carbocycles. The molecule has 1 aliphatic rings. The first-order valence-corrected chi connectivity index (χ1v) is 7.85. The van der Waals surface area contributed by atoms with Crippen LogP contribution in [0.15, 0.2) is 18.2 Å². The van der Waals surface area contributed by atoms with E-state index < -0.39 is 0 Å². The van der Waals surface area contributed by atoms with E-state index in [1.165, 1.54) is 6.07 Å². The van der Waals surface area contributed by atoms with Crippen LogP contribution >= 0.6 is 11.6 Å². The maximum atomic E-state index is 14.1. The third-order valence-electron chi connectivity index (χ3n) is 3.90. The summed E-state index contributed by atoms with van der Waals surface area (Å²) in [4.78, 5) is 0. The highest BCUT2D eigenvalue weighted by molar-refractivity contribution is 6.31. The number of ether oxygens (including phenoxy) is 1. The van der Waals surface area contributed by atoms with Crippen molar-refractivity contribution >= 4 is 11.6 Å². The number of halogens is 2. The number of hydrogen-bond acceptors (Lipinski definition) is 2. The van der Waals surface area contributed by atoms with Crippen molar-refractivity contribution in [3.8, 4) is 0 Å². The summed E-state index contributed by atoms with van der Waals surface area (Å²) in [6.07, 6.45) is 4.05. The van der Waals surface area contributed by atoms with E-state index in [2.05, 4.69) is 12.2 Å². The molecule has 1 aromatic rings. The zero-order valence-corrected chi connectivity index (χ0v) is 12.8. The van der Waals surface area contributed by atoms with Crippen molar-refractivity contribution in [3.05, 3.63) is 34.6 Å². The fourth-order valence-corrected chi connectivity index (χ4v) is 3.08. The Morgan fingerprint density at radius 1 is 1.40 bits per heavy atom. The minimum absolute atomic E-state index is 0.00764. The van der Waals surface area contributed by atoms with Crippen LogP contribution in [0.25, 0.3) is 0 Å². The minimum atomic E-state index is -0.210. The lowest BCUT2D eigenvalue weighted by molar-refractivity contribution is 0.0604. The lowest BCUT2D eigenvalue weighted by Crippen LogP contribution is -2.28. The lowest BCUT2D eigenvalue weighted by atomic mass is 9.89. The molecule has 0 radical (unpaired) electrons. The summed E-state index contributed by atoms with van der Waals surface area (Å²) in [5.41, 5.74) is 0.620. The van der Waals surface area contributed by atoms with Crippen molar-refractivity contribution in [2.45, 2.75) is 38.6 Å². The maximum Gasteiger partial charge on any atom is 0.129 e. The number of benzene rings is 1. The van der Waals surface area contributed by atoms with Crippen LogP contribution in [0.2, 0.25) is 5.02 Å². The molecule has 0 aromatic heterocycles. The second-order valence-corrected chi connectivity index (χ2v) is 5.84. The van der Waals surface area contributed by atoms with Crippen molar-refractivity contribution in [1.29, 1.82) is 0 Å². The fourth-order valence-electron chi connectivity index (χ4n) is 2.78. The molecule has 20 heavy (non-hydrogen) atoms. The Hall–Kier alpha value is -0.640.